The fraction of sp³-hybridized carbons (Fsp3) is 0.160. The van der Waals surface area contributed by atoms with E-state index in [9.17, 15) is 9.90 Å². The van der Waals surface area contributed by atoms with Crippen LogP contribution in [-0.2, 0) is 10.4 Å². The maximum atomic E-state index is 13.0. The van der Waals surface area contributed by atoms with E-state index in [4.69, 9.17) is 14.7 Å². The van der Waals surface area contributed by atoms with E-state index in [1.54, 1.807) is 66.7 Å². The maximum absolute atomic E-state index is 13.0. The molecule has 0 spiro atoms. The lowest BCUT2D eigenvalue weighted by atomic mass is 9.85. The number of hydrogen-bond acceptors (Lipinski definition) is 6. The third-order valence-electron chi connectivity index (χ3n) is 4.65. The average Bonchev–Trinajstić information content (AvgIpc) is 2.84. The highest BCUT2D eigenvalue weighted by Gasteiger charge is 2.39. The molecule has 0 unspecified atom stereocenters. The monoisotopic (exact) mass is 429 g/mol. The second-order valence-corrected chi connectivity index (χ2v) is 6.73. The van der Waals surface area contributed by atoms with E-state index in [0.29, 0.717) is 34.8 Å². The summed E-state index contributed by atoms with van der Waals surface area (Å²) in [7, 11) is 0. The topological polar surface area (TPSA) is 104 Å². The van der Waals surface area contributed by atoms with Gasteiger partial charge < -0.3 is 14.6 Å². The normalized spacial score (nSPS) is 11.0. The van der Waals surface area contributed by atoms with Crippen LogP contribution in [0.1, 0.15) is 23.6 Å². The molecule has 2 N–H and O–H groups in total. The van der Waals surface area contributed by atoms with E-state index in [1.807, 2.05) is 25.1 Å². The summed E-state index contributed by atoms with van der Waals surface area (Å²) in [6, 6.07) is 24.4. The zero-order valence-corrected chi connectivity index (χ0v) is 17.6. The Kier molecular flexibility index (Phi) is 7.57. The Hall–Kier alpha value is -4.15. The summed E-state index contributed by atoms with van der Waals surface area (Å²) in [6.07, 6.45) is 1.44. The lowest BCUT2D eigenvalue weighted by Gasteiger charge is -2.27. The van der Waals surface area contributed by atoms with Gasteiger partial charge in [0.05, 0.1) is 12.8 Å². The third kappa shape index (κ3) is 5.12. The van der Waals surface area contributed by atoms with Crippen molar-refractivity contribution < 1.29 is 19.4 Å². The number of carbonyl (C=O) groups is 1. The van der Waals surface area contributed by atoms with E-state index >= 15 is 0 Å². The van der Waals surface area contributed by atoms with Crippen LogP contribution in [0.15, 0.2) is 84.0 Å². The number of amides is 1. The molecule has 32 heavy (non-hydrogen) atoms. The van der Waals surface area contributed by atoms with Gasteiger partial charge in [0.25, 0.3) is 5.91 Å². The van der Waals surface area contributed by atoms with Crippen LogP contribution >= 0.6 is 0 Å². The molecule has 0 radical (unpaired) electrons. The molecule has 0 saturated heterocycles. The first-order chi connectivity index (χ1) is 15.6. The summed E-state index contributed by atoms with van der Waals surface area (Å²) in [5.74, 6) is 0.213. The lowest BCUT2D eigenvalue weighted by Crippen LogP contribution is -2.43. The number of nitrogens with zero attached hydrogens (tertiary/aromatic N) is 2. The first-order valence-electron chi connectivity index (χ1n) is 10.0. The van der Waals surface area contributed by atoms with Crippen LogP contribution in [0, 0.1) is 11.3 Å². The summed E-state index contributed by atoms with van der Waals surface area (Å²) in [4.78, 5) is 13.0. The highest BCUT2D eigenvalue weighted by Crippen LogP contribution is 2.30. The Labute approximate surface area is 186 Å². The molecule has 0 aliphatic carbocycles. The quantitative estimate of drug-likeness (QED) is 0.401. The molecular weight excluding hydrogens is 406 g/mol. The molecule has 3 aromatic carbocycles. The van der Waals surface area contributed by atoms with Crippen LogP contribution in [0.25, 0.3) is 0 Å². The number of nitrogens with one attached hydrogen (secondary N) is 1. The SMILES string of the molecule is CCOc1cc(/C=N\NC(=O)C(O)(c2ccccc2)c2ccccc2)ccc1OCC#N. The van der Waals surface area contributed by atoms with E-state index in [1.165, 1.54) is 6.21 Å². The van der Waals surface area contributed by atoms with Crippen LogP contribution in [0.4, 0.5) is 0 Å². The van der Waals surface area contributed by atoms with Gasteiger partial charge in [-0.05, 0) is 41.8 Å². The van der Waals surface area contributed by atoms with Crippen molar-refractivity contribution in [2.24, 2.45) is 5.10 Å². The molecule has 162 valence electrons. The minimum Gasteiger partial charge on any atom is -0.490 e. The summed E-state index contributed by atoms with van der Waals surface area (Å²) >= 11 is 0. The van der Waals surface area contributed by atoms with Crippen molar-refractivity contribution in [3.63, 3.8) is 0 Å². The molecular formula is C25H23N3O4. The molecule has 0 aromatic heterocycles. The Morgan fingerprint density at radius 3 is 2.22 bits per heavy atom. The lowest BCUT2D eigenvalue weighted by molar-refractivity contribution is -0.136. The summed E-state index contributed by atoms with van der Waals surface area (Å²) in [5, 5.41) is 24.1. The predicted octanol–water partition coefficient (Wildman–Crippen LogP) is 3.37. The molecule has 1 amide bonds. The molecule has 0 aliphatic heterocycles. The second-order valence-electron chi connectivity index (χ2n) is 6.73. The van der Waals surface area contributed by atoms with Crippen molar-refractivity contribution in [1.82, 2.24) is 5.43 Å². The Bertz CT molecular complexity index is 1070. The molecule has 0 atom stereocenters. The molecule has 0 aliphatic rings. The molecule has 3 aromatic rings. The summed E-state index contributed by atoms with van der Waals surface area (Å²) in [5.41, 5.74) is 2.02. The fourth-order valence-electron chi connectivity index (χ4n) is 3.14. The Morgan fingerprint density at radius 1 is 1.03 bits per heavy atom. The van der Waals surface area contributed by atoms with Gasteiger partial charge in [0.1, 0.15) is 6.07 Å². The molecule has 7 heteroatoms. The van der Waals surface area contributed by atoms with Gasteiger partial charge in [-0.2, -0.15) is 10.4 Å². The first kappa shape index (κ1) is 22.5. The summed E-state index contributed by atoms with van der Waals surface area (Å²) in [6.45, 7) is 2.16. The molecule has 3 rings (SSSR count). The fourth-order valence-corrected chi connectivity index (χ4v) is 3.14. The highest BCUT2D eigenvalue weighted by molar-refractivity contribution is 5.91. The highest BCUT2D eigenvalue weighted by atomic mass is 16.5. The average molecular weight is 429 g/mol. The number of carbonyl (C=O) groups excluding carboxylic acids is 1. The number of benzene rings is 3. The van der Waals surface area contributed by atoms with Gasteiger partial charge in [-0.3, -0.25) is 4.79 Å². The second kappa shape index (κ2) is 10.8. The third-order valence-corrected chi connectivity index (χ3v) is 4.65. The Morgan fingerprint density at radius 2 is 1.66 bits per heavy atom. The van der Waals surface area contributed by atoms with Crippen molar-refractivity contribution in [3.8, 4) is 17.6 Å². The van der Waals surface area contributed by atoms with Gasteiger partial charge in [0, 0.05) is 0 Å². The molecule has 7 nitrogen and oxygen atoms in total. The minimum atomic E-state index is -1.91. The molecule has 0 heterocycles. The largest absolute Gasteiger partial charge is 0.490 e. The predicted molar refractivity (Wildman–Crippen MR) is 120 cm³/mol. The maximum Gasteiger partial charge on any atom is 0.281 e. The number of aliphatic hydroxyl groups is 1. The van der Waals surface area contributed by atoms with Crippen molar-refractivity contribution in [2.45, 2.75) is 12.5 Å². The van der Waals surface area contributed by atoms with Crippen molar-refractivity contribution in [1.29, 1.82) is 5.26 Å². The molecule has 0 bridgehead atoms. The van der Waals surface area contributed by atoms with Gasteiger partial charge in [-0.15, -0.1) is 0 Å². The Balaban J connectivity index is 1.82. The van der Waals surface area contributed by atoms with Crippen molar-refractivity contribution in [2.75, 3.05) is 13.2 Å². The van der Waals surface area contributed by atoms with Gasteiger partial charge in [0.15, 0.2) is 23.7 Å². The van der Waals surface area contributed by atoms with E-state index < -0.39 is 11.5 Å². The van der Waals surface area contributed by atoms with E-state index in [-0.39, 0.29) is 6.61 Å². The van der Waals surface area contributed by atoms with Gasteiger partial charge >= 0.3 is 0 Å². The first-order valence-corrected chi connectivity index (χ1v) is 10.0. The van der Waals surface area contributed by atoms with Gasteiger partial charge in [-0.1, -0.05) is 60.7 Å². The zero-order valence-electron chi connectivity index (χ0n) is 17.6. The van der Waals surface area contributed by atoms with Crippen molar-refractivity contribution >= 4 is 12.1 Å². The number of rotatable bonds is 9. The summed E-state index contributed by atoms with van der Waals surface area (Å²) < 4.78 is 10.9. The van der Waals surface area contributed by atoms with E-state index in [0.717, 1.165) is 0 Å². The molecule has 0 saturated carbocycles. The smallest absolute Gasteiger partial charge is 0.281 e. The van der Waals surface area contributed by atoms with Crippen LogP contribution in [0.2, 0.25) is 0 Å². The van der Waals surface area contributed by atoms with Crippen LogP contribution < -0.4 is 14.9 Å². The van der Waals surface area contributed by atoms with E-state index in [2.05, 4.69) is 10.5 Å². The van der Waals surface area contributed by atoms with Crippen LogP contribution in [-0.4, -0.2) is 30.4 Å². The molecule has 0 fully saturated rings. The standard InChI is InChI=1S/C25H23N3O4/c1-2-31-23-17-19(13-14-22(23)32-16-15-26)18-27-28-24(29)25(30,20-9-5-3-6-10-20)21-11-7-4-8-12-21/h3-14,17-18,30H,2,16H2,1H3,(H,28,29)/b27-18-. The number of ether oxygens (including phenoxy) is 2. The minimum absolute atomic E-state index is 0.0961. The number of hydrogen-bond donors (Lipinski definition) is 2. The van der Waals surface area contributed by atoms with Crippen LogP contribution in [0.3, 0.4) is 0 Å². The van der Waals surface area contributed by atoms with Crippen molar-refractivity contribution in [3.05, 3.63) is 95.6 Å². The van der Waals surface area contributed by atoms with Gasteiger partial charge in [-0.25, -0.2) is 5.43 Å². The van der Waals surface area contributed by atoms with Crippen LogP contribution in [0.5, 0.6) is 11.5 Å². The zero-order chi connectivity index (χ0) is 22.8. The van der Waals surface area contributed by atoms with Gasteiger partial charge in [0.2, 0.25) is 0 Å². The number of hydrazone groups is 1. The number of nitriles is 1.